The van der Waals surface area contributed by atoms with Crippen molar-refractivity contribution in [3.8, 4) is 11.8 Å². The second kappa shape index (κ2) is 4.49. The SMILES string of the molecule is Cn1c(Oc2ccccc2)ncc(Br)c1=O. The van der Waals surface area contributed by atoms with E-state index in [1.54, 1.807) is 19.2 Å². The highest BCUT2D eigenvalue weighted by atomic mass is 79.9. The van der Waals surface area contributed by atoms with Crippen LogP contribution in [0.2, 0.25) is 0 Å². The van der Waals surface area contributed by atoms with Crippen molar-refractivity contribution in [3.63, 3.8) is 0 Å². The summed E-state index contributed by atoms with van der Waals surface area (Å²) in [6.45, 7) is 0. The first kappa shape index (κ1) is 10.9. The van der Waals surface area contributed by atoms with E-state index < -0.39 is 0 Å². The molecule has 0 aliphatic heterocycles. The van der Waals surface area contributed by atoms with Gasteiger partial charge in [0.2, 0.25) is 0 Å². The standard InChI is InChI=1S/C11H9BrN2O2/c1-14-10(15)9(12)7-13-11(14)16-8-5-3-2-4-6-8/h2-7H,1H3. The second-order valence-electron chi connectivity index (χ2n) is 3.17. The largest absolute Gasteiger partial charge is 0.425 e. The Morgan fingerprint density at radius 1 is 1.31 bits per heavy atom. The molecular formula is C11H9BrN2O2. The highest BCUT2D eigenvalue weighted by Crippen LogP contribution is 2.17. The molecule has 16 heavy (non-hydrogen) atoms. The van der Waals surface area contributed by atoms with E-state index in [1.807, 2.05) is 18.2 Å². The van der Waals surface area contributed by atoms with E-state index in [4.69, 9.17) is 4.74 Å². The fourth-order valence-corrected chi connectivity index (χ4v) is 1.56. The van der Waals surface area contributed by atoms with Crippen LogP contribution in [0.3, 0.4) is 0 Å². The molecule has 1 aromatic heterocycles. The number of ether oxygens (including phenoxy) is 1. The monoisotopic (exact) mass is 280 g/mol. The molecule has 0 aliphatic rings. The molecule has 1 aromatic carbocycles. The van der Waals surface area contributed by atoms with Crippen molar-refractivity contribution >= 4 is 15.9 Å². The van der Waals surface area contributed by atoms with Crippen LogP contribution in [0.25, 0.3) is 0 Å². The molecule has 0 aliphatic carbocycles. The molecule has 0 spiro atoms. The number of aromatic nitrogens is 2. The van der Waals surface area contributed by atoms with E-state index >= 15 is 0 Å². The number of halogens is 1. The van der Waals surface area contributed by atoms with E-state index in [0.29, 0.717) is 10.2 Å². The van der Waals surface area contributed by atoms with Gasteiger partial charge < -0.3 is 4.74 Å². The summed E-state index contributed by atoms with van der Waals surface area (Å²) < 4.78 is 7.23. The predicted molar refractivity (Wildman–Crippen MR) is 63.7 cm³/mol. The quantitative estimate of drug-likeness (QED) is 0.848. The Balaban J connectivity index is 2.37. The highest BCUT2D eigenvalue weighted by Gasteiger charge is 2.06. The van der Waals surface area contributed by atoms with E-state index in [-0.39, 0.29) is 11.6 Å². The van der Waals surface area contributed by atoms with Crippen molar-refractivity contribution in [2.45, 2.75) is 0 Å². The minimum atomic E-state index is -0.180. The fourth-order valence-electron chi connectivity index (χ4n) is 1.19. The molecule has 1 heterocycles. The zero-order chi connectivity index (χ0) is 11.5. The molecule has 0 amide bonds. The summed E-state index contributed by atoms with van der Waals surface area (Å²) in [5.74, 6) is 0.646. The lowest BCUT2D eigenvalue weighted by Gasteiger charge is -2.08. The van der Waals surface area contributed by atoms with Crippen LogP contribution in [-0.2, 0) is 7.05 Å². The molecule has 0 saturated heterocycles. The lowest BCUT2D eigenvalue weighted by molar-refractivity contribution is 0.412. The summed E-state index contributed by atoms with van der Waals surface area (Å²) in [6.07, 6.45) is 1.43. The van der Waals surface area contributed by atoms with Crippen LogP contribution in [0.4, 0.5) is 0 Å². The number of nitrogens with zero attached hydrogens (tertiary/aromatic N) is 2. The molecule has 82 valence electrons. The summed E-state index contributed by atoms with van der Waals surface area (Å²) in [7, 11) is 1.61. The van der Waals surface area contributed by atoms with Crippen molar-refractivity contribution in [1.29, 1.82) is 0 Å². The first-order valence-corrected chi connectivity index (χ1v) is 5.42. The molecule has 0 unspecified atom stereocenters. The Morgan fingerprint density at radius 3 is 2.69 bits per heavy atom. The molecular weight excluding hydrogens is 272 g/mol. The Morgan fingerprint density at radius 2 is 2.00 bits per heavy atom. The number of rotatable bonds is 2. The van der Waals surface area contributed by atoms with Crippen molar-refractivity contribution in [2.24, 2.45) is 7.05 Å². The molecule has 0 fully saturated rings. The van der Waals surface area contributed by atoms with Crippen LogP contribution in [0.15, 0.2) is 45.8 Å². The van der Waals surface area contributed by atoms with Gasteiger partial charge in [0.05, 0.1) is 6.20 Å². The topological polar surface area (TPSA) is 44.1 Å². The van der Waals surface area contributed by atoms with Gasteiger partial charge >= 0.3 is 6.01 Å². The number of para-hydroxylation sites is 1. The smallest absolute Gasteiger partial charge is 0.304 e. The third-order valence-electron chi connectivity index (χ3n) is 2.04. The van der Waals surface area contributed by atoms with Gasteiger partial charge in [0, 0.05) is 7.05 Å². The molecule has 0 N–H and O–H groups in total. The summed E-state index contributed by atoms with van der Waals surface area (Å²) in [5, 5.41) is 0. The summed E-state index contributed by atoms with van der Waals surface area (Å²) in [4.78, 5) is 15.6. The molecule has 4 nitrogen and oxygen atoms in total. The fraction of sp³-hybridized carbons (Fsp3) is 0.0909. The van der Waals surface area contributed by atoms with Crippen LogP contribution in [0.1, 0.15) is 0 Å². The van der Waals surface area contributed by atoms with Crippen molar-refractivity contribution in [1.82, 2.24) is 9.55 Å². The van der Waals surface area contributed by atoms with Gasteiger partial charge in [-0.25, -0.2) is 4.98 Å². The van der Waals surface area contributed by atoms with Gasteiger partial charge in [-0.05, 0) is 28.1 Å². The average molecular weight is 281 g/mol. The van der Waals surface area contributed by atoms with Gasteiger partial charge in [0.15, 0.2) is 0 Å². The highest BCUT2D eigenvalue weighted by molar-refractivity contribution is 9.10. The van der Waals surface area contributed by atoms with E-state index in [1.165, 1.54) is 10.8 Å². The van der Waals surface area contributed by atoms with Crippen molar-refractivity contribution < 1.29 is 4.74 Å². The third kappa shape index (κ3) is 2.14. The van der Waals surface area contributed by atoms with Gasteiger partial charge in [0.25, 0.3) is 5.56 Å². The minimum absolute atomic E-state index is 0.180. The Kier molecular flexibility index (Phi) is 3.05. The molecule has 0 bridgehead atoms. The summed E-state index contributed by atoms with van der Waals surface area (Å²) in [5.41, 5.74) is -0.180. The van der Waals surface area contributed by atoms with Crippen LogP contribution >= 0.6 is 15.9 Å². The van der Waals surface area contributed by atoms with Crippen LogP contribution in [0, 0.1) is 0 Å². The first-order valence-electron chi connectivity index (χ1n) is 4.63. The zero-order valence-electron chi connectivity index (χ0n) is 8.55. The number of benzene rings is 1. The lowest BCUT2D eigenvalue weighted by atomic mass is 10.3. The molecule has 5 heteroatoms. The van der Waals surface area contributed by atoms with Crippen LogP contribution in [0.5, 0.6) is 11.8 Å². The molecule has 0 radical (unpaired) electrons. The van der Waals surface area contributed by atoms with Gasteiger partial charge in [-0.15, -0.1) is 0 Å². The molecule has 0 saturated carbocycles. The number of hydrogen-bond acceptors (Lipinski definition) is 3. The maximum atomic E-state index is 11.6. The van der Waals surface area contributed by atoms with Crippen LogP contribution in [-0.4, -0.2) is 9.55 Å². The Hall–Kier alpha value is -1.62. The van der Waals surface area contributed by atoms with Gasteiger partial charge in [-0.3, -0.25) is 9.36 Å². The Bertz CT molecular complexity index is 552. The van der Waals surface area contributed by atoms with E-state index in [2.05, 4.69) is 20.9 Å². The van der Waals surface area contributed by atoms with Crippen molar-refractivity contribution in [3.05, 3.63) is 51.4 Å². The maximum Gasteiger partial charge on any atom is 0.304 e. The maximum absolute atomic E-state index is 11.6. The predicted octanol–water partition coefficient (Wildman–Crippen LogP) is 2.34. The van der Waals surface area contributed by atoms with E-state index in [9.17, 15) is 4.79 Å². The molecule has 2 rings (SSSR count). The van der Waals surface area contributed by atoms with Gasteiger partial charge in [0.1, 0.15) is 10.2 Å². The first-order chi connectivity index (χ1) is 7.68. The normalized spacial score (nSPS) is 10.1. The summed E-state index contributed by atoms with van der Waals surface area (Å²) >= 11 is 3.11. The molecule has 0 atom stereocenters. The summed E-state index contributed by atoms with van der Waals surface area (Å²) in [6, 6.07) is 9.46. The zero-order valence-corrected chi connectivity index (χ0v) is 10.1. The average Bonchev–Trinajstić information content (AvgIpc) is 2.31. The Labute approximate surface area is 101 Å². The molecule has 2 aromatic rings. The van der Waals surface area contributed by atoms with Crippen molar-refractivity contribution in [2.75, 3.05) is 0 Å². The van der Waals surface area contributed by atoms with Gasteiger partial charge in [-0.2, -0.15) is 0 Å². The minimum Gasteiger partial charge on any atom is -0.425 e. The van der Waals surface area contributed by atoms with Gasteiger partial charge in [-0.1, -0.05) is 18.2 Å². The number of hydrogen-bond donors (Lipinski definition) is 0. The van der Waals surface area contributed by atoms with Crippen LogP contribution < -0.4 is 10.3 Å². The second-order valence-corrected chi connectivity index (χ2v) is 4.02. The third-order valence-corrected chi connectivity index (χ3v) is 2.58. The van der Waals surface area contributed by atoms with E-state index in [0.717, 1.165) is 0 Å². The lowest BCUT2D eigenvalue weighted by Crippen LogP contribution is -2.19.